The van der Waals surface area contributed by atoms with Crippen LogP contribution in [-0.2, 0) is 9.53 Å². The highest BCUT2D eigenvalue weighted by Gasteiger charge is 2.09. The number of thiazole rings is 1. The van der Waals surface area contributed by atoms with Gasteiger partial charge in [0.05, 0.1) is 34.4 Å². The average molecular weight is 466 g/mol. The van der Waals surface area contributed by atoms with Gasteiger partial charge in [0, 0.05) is 5.56 Å². The monoisotopic (exact) mass is 465 g/mol. The van der Waals surface area contributed by atoms with Crippen molar-refractivity contribution in [3.63, 3.8) is 0 Å². The molecule has 0 unspecified atom stereocenters. The van der Waals surface area contributed by atoms with Gasteiger partial charge in [-0.3, -0.25) is 4.79 Å². The molecule has 162 valence electrons. The molecule has 0 fully saturated rings. The molecule has 2 aromatic carbocycles. The molecule has 0 saturated carbocycles. The first-order chi connectivity index (χ1) is 15.6. The van der Waals surface area contributed by atoms with Crippen molar-refractivity contribution in [3.8, 4) is 11.3 Å². The van der Waals surface area contributed by atoms with Gasteiger partial charge < -0.3 is 9.15 Å². The maximum Gasteiger partial charge on any atom is 0.338 e. The van der Waals surface area contributed by atoms with E-state index in [4.69, 9.17) is 9.15 Å². The van der Waals surface area contributed by atoms with E-state index in [-0.39, 0.29) is 17.6 Å². The summed E-state index contributed by atoms with van der Waals surface area (Å²) < 4.78 is 12.6. The van der Waals surface area contributed by atoms with Crippen LogP contribution < -0.4 is 5.43 Å². The number of amides is 1. The maximum atomic E-state index is 12.0. The summed E-state index contributed by atoms with van der Waals surface area (Å²) in [6, 6.07) is 18.4. The van der Waals surface area contributed by atoms with E-state index in [1.807, 2.05) is 24.3 Å². The number of aromatic nitrogens is 1. The summed E-state index contributed by atoms with van der Waals surface area (Å²) in [5.74, 6) is 0.747. The van der Waals surface area contributed by atoms with E-state index in [0.717, 1.165) is 20.1 Å². The number of nitrogens with zero attached hydrogens (tertiary/aromatic N) is 2. The SMILES string of the molecule is CCOC(=O)c1ccc(-c2ccc(/C=N/NC(=O)CSc3nc4ccccc4s3)o2)cc1. The summed E-state index contributed by atoms with van der Waals surface area (Å²) >= 11 is 2.93. The predicted molar refractivity (Wildman–Crippen MR) is 126 cm³/mol. The number of thioether (sulfide) groups is 1. The Morgan fingerprint density at radius 3 is 2.75 bits per heavy atom. The summed E-state index contributed by atoms with van der Waals surface area (Å²) in [6.07, 6.45) is 1.44. The van der Waals surface area contributed by atoms with Gasteiger partial charge in [0.15, 0.2) is 4.34 Å². The Hall–Kier alpha value is -3.43. The van der Waals surface area contributed by atoms with Crippen molar-refractivity contribution >= 4 is 51.4 Å². The summed E-state index contributed by atoms with van der Waals surface area (Å²) in [6.45, 7) is 2.10. The van der Waals surface area contributed by atoms with E-state index in [2.05, 4.69) is 15.5 Å². The lowest BCUT2D eigenvalue weighted by atomic mass is 10.1. The van der Waals surface area contributed by atoms with Crippen LogP contribution in [0.1, 0.15) is 23.0 Å². The second-order valence-electron chi connectivity index (χ2n) is 6.53. The summed E-state index contributed by atoms with van der Waals surface area (Å²) in [7, 11) is 0. The van der Waals surface area contributed by atoms with E-state index < -0.39 is 0 Å². The molecule has 2 aromatic heterocycles. The molecule has 0 radical (unpaired) electrons. The molecule has 0 spiro atoms. The number of benzene rings is 2. The largest absolute Gasteiger partial charge is 0.462 e. The second kappa shape index (κ2) is 10.3. The lowest BCUT2D eigenvalue weighted by Gasteiger charge is -2.02. The average Bonchev–Trinajstić information content (AvgIpc) is 3.45. The lowest BCUT2D eigenvalue weighted by molar-refractivity contribution is -0.118. The zero-order valence-electron chi connectivity index (χ0n) is 17.1. The van der Waals surface area contributed by atoms with Gasteiger partial charge in [0.2, 0.25) is 0 Å². The van der Waals surface area contributed by atoms with Crippen LogP contribution in [0.4, 0.5) is 0 Å². The predicted octanol–water partition coefficient (Wildman–Crippen LogP) is 4.98. The molecule has 0 aliphatic carbocycles. The van der Waals surface area contributed by atoms with Crippen LogP contribution in [0.2, 0.25) is 0 Å². The zero-order chi connectivity index (χ0) is 22.3. The van der Waals surface area contributed by atoms with Gasteiger partial charge in [-0.2, -0.15) is 5.10 Å². The van der Waals surface area contributed by atoms with Crippen molar-refractivity contribution in [3.05, 3.63) is 72.0 Å². The highest BCUT2D eigenvalue weighted by molar-refractivity contribution is 8.01. The van der Waals surface area contributed by atoms with Crippen LogP contribution >= 0.6 is 23.1 Å². The number of hydrazone groups is 1. The fourth-order valence-electron chi connectivity index (χ4n) is 2.80. The third-order valence-corrected chi connectivity index (χ3v) is 6.47. The molecule has 0 atom stereocenters. The van der Waals surface area contributed by atoms with Gasteiger partial charge in [-0.05, 0) is 43.3 Å². The molecular weight excluding hydrogens is 446 g/mol. The number of carbonyl (C=O) groups is 2. The van der Waals surface area contributed by atoms with Crippen molar-refractivity contribution in [1.29, 1.82) is 0 Å². The van der Waals surface area contributed by atoms with Crippen LogP contribution in [0.15, 0.2) is 74.5 Å². The van der Waals surface area contributed by atoms with E-state index in [1.165, 1.54) is 18.0 Å². The molecule has 9 heteroatoms. The molecule has 1 N–H and O–H groups in total. The molecule has 0 saturated heterocycles. The Balaban J connectivity index is 1.28. The summed E-state index contributed by atoms with van der Waals surface area (Å²) in [4.78, 5) is 28.3. The Morgan fingerprint density at radius 1 is 1.16 bits per heavy atom. The summed E-state index contributed by atoms with van der Waals surface area (Å²) in [5, 5.41) is 3.95. The van der Waals surface area contributed by atoms with Gasteiger partial charge in [-0.1, -0.05) is 36.0 Å². The normalized spacial score (nSPS) is 11.2. The van der Waals surface area contributed by atoms with Gasteiger partial charge in [-0.15, -0.1) is 11.3 Å². The summed E-state index contributed by atoms with van der Waals surface area (Å²) in [5.41, 5.74) is 4.72. The van der Waals surface area contributed by atoms with Crippen LogP contribution in [0.25, 0.3) is 21.5 Å². The first-order valence-corrected chi connectivity index (χ1v) is 11.6. The van der Waals surface area contributed by atoms with E-state index in [0.29, 0.717) is 23.7 Å². The highest BCUT2D eigenvalue weighted by Crippen LogP contribution is 2.29. The quantitative estimate of drug-likeness (QED) is 0.171. The number of rotatable bonds is 8. The third kappa shape index (κ3) is 5.43. The Labute approximate surface area is 192 Å². The van der Waals surface area contributed by atoms with E-state index in [1.54, 1.807) is 54.7 Å². The van der Waals surface area contributed by atoms with Crippen LogP contribution in [0, 0.1) is 0 Å². The molecule has 0 bridgehead atoms. The van der Waals surface area contributed by atoms with Crippen LogP contribution in [-0.4, -0.2) is 35.4 Å². The van der Waals surface area contributed by atoms with Crippen molar-refractivity contribution in [2.75, 3.05) is 12.4 Å². The smallest absolute Gasteiger partial charge is 0.338 e. The Morgan fingerprint density at radius 2 is 1.97 bits per heavy atom. The minimum atomic E-state index is -0.358. The first-order valence-electron chi connectivity index (χ1n) is 9.80. The molecule has 32 heavy (non-hydrogen) atoms. The van der Waals surface area contributed by atoms with Crippen molar-refractivity contribution in [2.45, 2.75) is 11.3 Å². The molecule has 4 rings (SSSR count). The van der Waals surface area contributed by atoms with Crippen LogP contribution in [0.3, 0.4) is 0 Å². The molecule has 2 heterocycles. The van der Waals surface area contributed by atoms with Crippen molar-refractivity contribution in [1.82, 2.24) is 10.4 Å². The minimum absolute atomic E-state index is 0.216. The first kappa shape index (κ1) is 21.8. The number of carbonyl (C=O) groups excluding carboxylic acids is 2. The highest BCUT2D eigenvalue weighted by atomic mass is 32.2. The molecule has 1 amide bonds. The molecule has 0 aliphatic heterocycles. The number of para-hydroxylation sites is 1. The zero-order valence-corrected chi connectivity index (χ0v) is 18.7. The second-order valence-corrected chi connectivity index (χ2v) is 8.78. The number of hydrogen-bond donors (Lipinski definition) is 1. The Bertz CT molecular complexity index is 1230. The number of furan rings is 1. The molecule has 4 aromatic rings. The number of esters is 1. The van der Waals surface area contributed by atoms with E-state index in [9.17, 15) is 9.59 Å². The number of fused-ring (bicyclic) bond motifs is 1. The van der Waals surface area contributed by atoms with Crippen molar-refractivity contribution in [2.24, 2.45) is 5.10 Å². The van der Waals surface area contributed by atoms with Crippen molar-refractivity contribution < 1.29 is 18.7 Å². The number of ether oxygens (including phenoxy) is 1. The number of nitrogens with one attached hydrogen (secondary N) is 1. The van der Waals surface area contributed by atoms with Gasteiger partial charge in [0.25, 0.3) is 5.91 Å². The fraction of sp³-hybridized carbons (Fsp3) is 0.130. The van der Waals surface area contributed by atoms with Gasteiger partial charge in [-0.25, -0.2) is 15.2 Å². The number of hydrogen-bond acceptors (Lipinski definition) is 8. The van der Waals surface area contributed by atoms with Crippen LogP contribution in [0.5, 0.6) is 0 Å². The van der Waals surface area contributed by atoms with Gasteiger partial charge in [0.1, 0.15) is 11.5 Å². The molecule has 0 aliphatic rings. The van der Waals surface area contributed by atoms with E-state index >= 15 is 0 Å². The lowest BCUT2D eigenvalue weighted by Crippen LogP contribution is -2.19. The fourth-order valence-corrected chi connectivity index (χ4v) is 4.66. The van der Waals surface area contributed by atoms with Gasteiger partial charge >= 0.3 is 5.97 Å². The maximum absolute atomic E-state index is 12.0. The molecular formula is C23H19N3O4S2. The third-order valence-electron chi connectivity index (χ3n) is 4.29. The topological polar surface area (TPSA) is 93.8 Å². The minimum Gasteiger partial charge on any atom is -0.462 e. The standard InChI is InChI=1S/C23H19N3O4S2/c1-2-29-22(28)16-9-7-15(8-10-16)19-12-11-17(30-19)13-24-26-21(27)14-31-23-25-18-5-3-4-6-20(18)32-23/h3-13H,2,14H2,1H3,(H,26,27)/b24-13+. The molecule has 7 nitrogen and oxygen atoms in total. The Kier molecular flexibility index (Phi) is 6.98.